The van der Waals surface area contributed by atoms with E-state index in [2.05, 4.69) is 40.5 Å². The third-order valence-electron chi connectivity index (χ3n) is 4.42. The van der Waals surface area contributed by atoms with Crippen molar-refractivity contribution in [3.63, 3.8) is 0 Å². The molecule has 1 aliphatic heterocycles. The lowest BCUT2D eigenvalue weighted by molar-refractivity contribution is 0.200. The molecule has 2 nitrogen and oxygen atoms in total. The van der Waals surface area contributed by atoms with Crippen molar-refractivity contribution in [2.45, 2.75) is 6.04 Å². The summed E-state index contributed by atoms with van der Waals surface area (Å²) < 4.78 is 14.7. The van der Waals surface area contributed by atoms with Gasteiger partial charge in [-0.2, -0.15) is 0 Å². The van der Waals surface area contributed by atoms with Gasteiger partial charge < -0.3 is 5.32 Å². The van der Waals surface area contributed by atoms with Gasteiger partial charge in [0.15, 0.2) is 0 Å². The molecule has 3 aromatic rings. The van der Waals surface area contributed by atoms with E-state index in [1.165, 1.54) is 20.5 Å². The van der Waals surface area contributed by atoms with E-state index in [9.17, 15) is 4.39 Å². The number of nitrogens with one attached hydrogen (secondary N) is 1. The molecule has 1 N–H and O–H groups in total. The number of hydrogen-bond donors (Lipinski definition) is 1. The van der Waals surface area contributed by atoms with Crippen LogP contribution in [0.25, 0.3) is 10.1 Å². The summed E-state index contributed by atoms with van der Waals surface area (Å²) in [7, 11) is 0. The second-order valence-corrected chi connectivity index (χ2v) is 7.04. The van der Waals surface area contributed by atoms with Crippen LogP contribution in [0.5, 0.6) is 0 Å². The van der Waals surface area contributed by atoms with E-state index in [1.807, 2.05) is 23.5 Å². The standard InChI is InChI=1S/C19H19FN2S/c20-16-7-5-14(6-8-16)19(22-11-9-21-10-12-22)18-13-15-3-1-2-4-17(15)23-18/h1-8,13,19,21H,9-12H2. The number of hydrogen-bond acceptors (Lipinski definition) is 3. The smallest absolute Gasteiger partial charge is 0.123 e. The summed E-state index contributed by atoms with van der Waals surface area (Å²) in [5.74, 6) is -0.177. The Bertz CT molecular complexity index is 757. The van der Waals surface area contributed by atoms with Crippen LogP contribution in [0.2, 0.25) is 0 Å². The van der Waals surface area contributed by atoms with Crippen LogP contribution in [0.4, 0.5) is 4.39 Å². The lowest BCUT2D eigenvalue weighted by Gasteiger charge is -2.34. The first-order valence-corrected chi connectivity index (χ1v) is 8.81. The molecule has 1 atom stereocenters. The van der Waals surface area contributed by atoms with E-state index >= 15 is 0 Å². The van der Waals surface area contributed by atoms with Crippen molar-refractivity contribution in [2.24, 2.45) is 0 Å². The van der Waals surface area contributed by atoms with Crippen LogP contribution < -0.4 is 5.32 Å². The highest BCUT2D eigenvalue weighted by Crippen LogP contribution is 2.36. The van der Waals surface area contributed by atoms with E-state index in [0.29, 0.717) is 0 Å². The van der Waals surface area contributed by atoms with Crippen LogP contribution in [-0.4, -0.2) is 31.1 Å². The van der Waals surface area contributed by atoms with E-state index in [1.54, 1.807) is 12.1 Å². The lowest BCUT2D eigenvalue weighted by Crippen LogP contribution is -2.45. The Balaban J connectivity index is 1.78. The number of halogens is 1. The van der Waals surface area contributed by atoms with Gasteiger partial charge in [-0.15, -0.1) is 11.3 Å². The Morgan fingerprint density at radius 2 is 1.74 bits per heavy atom. The minimum Gasteiger partial charge on any atom is -0.314 e. The van der Waals surface area contributed by atoms with Gasteiger partial charge in [0.25, 0.3) is 0 Å². The van der Waals surface area contributed by atoms with Crippen molar-refractivity contribution in [3.05, 3.63) is 70.9 Å². The highest BCUT2D eigenvalue weighted by molar-refractivity contribution is 7.19. The molecule has 0 bridgehead atoms. The molecule has 0 aliphatic carbocycles. The maximum Gasteiger partial charge on any atom is 0.123 e. The molecule has 118 valence electrons. The minimum atomic E-state index is -0.177. The van der Waals surface area contributed by atoms with Crippen molar-refractivity contribution in [1.82, 2.24) is 10.2 Å². The molecule has 4 heteroatoms. The van der Waals surface area contributed by atoms with Crippen molar-refractivity contribution in [1.29, 1.82) is 0 Å². The zero-order valence-corrected chi connectivity index (χ0v) is 13.7. The molecule has 1 aromatic heterocycles. The summed E-state index contributed by atoms with van der Waals surface area (Å²) in [6, 6.07) is 18.0. The molecule has 0 saturated carbocycles. The summed E-state index contributed by atoms with van der Waals surface area (Å²) in [6.07, 6.45) is 0. The van der Waals surface area contributed by atoms with E-state index in [0.717, 1.165) is 26.2 Å². The van der Waals surface area contributed by atoms with Crippen LogP contribution in [0.1, 0.15) is 16.5 Å². The molecule has 4 rings (SSSR count). The molecular formula is C19H19FN2S. The normalized spacial score (nSPS) is 17.4. The first-order chi connectivity index (χ1) is 11.3. The third kappa shape index (κ3) is 3.02. The summed E-state index contributed by atoms with van der Waals surface area (Å²) >= 11 is 1.84. The molecule has 1 unspecified atom stereocenters. The lowest BCUT2D eigenvalue weighted by atomic mass is 10.0. The largest absolute Gasteiger partial charge is 0.314 e. The summed E-state index contributed by atoms with van der Waals surface area (Å²) in [6.45, 7) is 4.03. The van der Waals surface area contributed by atoms with Gasteiger partial charge >= 0.3 is 0 Å². The Kier molecular flexibility index (Phi) is 4.12. The van der Waals surface area contributed by atoms with Crippen molar-refractivity contribution < 1.29 is 4.39 Å². The number of benzene rings is 2. The zero-order valence-electron chi connectivity index (χ0n) is 12.8. The average Bonchev–Trinajstić information content (AvgIpc) is 3.01. The van der Waals surface area contributed by atoms with Crippen molar-refractivity contribution in [2.75, 3.05) is 26.2 Å². The number of thiophene rings is 1. The predicted molar refractivity (Wildman–Crippen MR) is 94.5 cm³/mol. The maximum atomic E-state index is 13.3. The van der Waals surface area contributed by atoms with Gasteiger partial charge in [-0.25, -0.2) is 4.39 Å². The quantitative estimate of drug-likeness (QED) is 0.781. The van der Waals surface area contributed by atoms with Gasteiger partial charge in [-0.3, -0.25) is 4.90 Å². The SMILES string of the molecule is Fc1ccc(C(c2cc3ccccc3s2)N2CCNCC2)cc1. The fraction of sp³-hybridized carbons (Fsp3) is 0.263. The maximum absolute atomic E-state index is 13.3. The molecular weight excluding hydrogens is 307 g/mol. The van der Waals surface area contributed by atoms with Crippen molar-refractivity contribution in [3.8, 4) is 0 Å². The van der Waals surface area contributed by atoms with Gasteiger partial charge in [0.1, 0.15) is 5.82 Å². The molecule has 0 spiro atoms. The molecule has 1 aliphatic rings. The minimum absolute atomic E-state index is 0.177. The highest BCUT2D eigenvalue weighted by Gasteiger charge is 2.25. The Hall–Kier alpha value is -1.75. The molecule has 1 fully saturated rings. The Morgan fingerprint density at radius 3 is 2.48 bits per heavy atom. The van der Waals surface area contributed by atoms with Gasteiger partial charge in [0, 0.05) is 35.8 Å². The zero-order chi connectivity index (χ0) is 15.6. The summed E-state index contributed by atoms with van der Waals surface area (Å²) in [4.78, 5) is 3.83. The monoisotopic (exact) mass is 326 g/mol. The van der Waals surface area contributed by atoms with E-state index in [-0.39, 0.29) is 11.9 Å². The molecule has 0 amide bonds. The van der Waals surface area contributed by atoms with Crippen LogP contribution in [0.15, 0.2) is 54.6 Å². The topological polar surface area (TPSA) is 15.3 Å². The molecule has 0 radical (unpaired) electrons. The Labute approximate surface area is 139 Å². The molecule has 1 saturated heterocycles. The Morgan fingerprint density at radius 1 is 1.00 bits per heavy atom. The second-order valence-electron chi connectivity index (χ2n) is 5.93. The summed E-state index contributed by atoms with van der Waals surface area (Å²) in [5.41, 5.74) is 1.17. The number of fused-ring (bicyclic) bond motifs is 1. The predicted octanol–water partition coefficient (Wildman–Crippen LogP) is 4.04. The van der Waals surface area contributed by atoms with Crippen LogP contribution in [-0.2, 0) is 0 Å². The number of rotatable bonds is 3. The van der Waals surface area contributed by atoms with Gasteiger partial charge in [0.2, 0.25) is 0 Å². The fourth-order valence-corrected chi connectivity index (χ4v) is 4.51. The van der Waals surface area contributed by atoms with E-state index in [4.69, 9.17) is 0 Å². The molecule has 2 aromatic carbocycles. The second kappa shape index (κ2) is 6.40. The number of nitrogens with zero attached hydrogens (tertiary/aromatic N) is 1. The molecule has 2 heterocycles. The molecule has 23 heavy (non-hydrogen) atoms. The average molecular weight is 326 g/mol. The van der Waals surface area contributed by atoms with Gasteiger partial charge in [-0.1, -0.05) is 30.3 Å². The highest BCUT2D eigenvalue weighted by atomic mass is 32.1. The first kappa shape index (κ1) is 14.8. The first-order valence-electron chi connectivity index (χ1n) is 8.00. The van der Waals surface area contributed by atoms with Gasteiger partial charge in [-0.05, 0) is 35.2 Å². The third-order valence-corrected chi connectivity index (χ3v) is 5.59. The van der Waals surface area contributed by atoms with Crippen LogP contribution >= 0.6 is 11.3 Å². The van der Waals surface area contributed by atoms with Crippen LogP contribution in [0, 0.1) is 5.82 Å². The summed E-state index contributed by atoms with van der Waals surface area (Å²) in [5, 5.41) is 4.70. The number of piperazine rings is 1. The van der Waals surface area contributed by atoms with Gasteiger partial charge in [0.05, 0.1) is 6.04 Å². The van der Waals surface area contributed by atoms with E-state index < -0.39 is 0 Å². The van der Waals surface area contributed by atoms with Crippen LogP contribution in [0.3, 0.4) is 0 Å². The van der Waals surface area contributed by atoms with Crippen molar-refractivity contribution >= 4 is 21.4 Å². The fourth-order valence-electron chi connectivity index (χ4n) is 3.28.